The molecule has 15 rings (SSSR count). The van der Waals surface area contributed by atoms with Crippen LogP contribution in [0.4, 0.5) is 0 Å². The fraction of sp³-hybridized carbons (Fsp3) is 0.217. The van der Waals surface area contributed by atoms with Crippen LogP contribution in [0.2, 0.25) is 0 Å². The van der Waals surface area contributed by atoms with Crippen molar-refractivity contribution in [3.8, 4) is 112 Å². The Morgan fingerprint density at radius 3 is 1.51 bits per heavy atom. The van der Waals surface area contributed by atoms with Crippen LogP contribution in [0.3, 0.4) is 0 Å². The van der Waals surface area contributed by atoms with Crippen molar-refractivity contribution < 1.29 is 30.6 Å². The SMILES string of the molecule is Cc1cccc(C)c1-n1c(-c2ccc3c(n2)-c2c(O)cccc2C(C)(C)C3(C)C)nc2c(-c3[c-]c(-c4c(-c5ccccc5)cccc4-c4cccc(C(C)(C)C)c4)c4oc5ccccc5c4c3)c(-c3c(-c4cccc(C(C)(C)C)c4)cccc3-c3cccc(C(C)(C)C)c3)ccc21.[Pt]. The second kappa shape index (κ2) is 24.1. The van der Waals surface area contributed by atoms with Crippen LogP contribution in [0.25, 0.3) is 139 Å². The normalized spacial score (nSPS) is 13.6. The molecule has 14 aromatic rings. The molecule has 0 atom stereocenters. The van der Waals surface area contributed by atoms with Crippen LogP contribution < -0.4 is 0 Å². The zero-order valence-corrected chi connectivity index (χ0v) is 61.2. The summed E-state index contributed by atoms with van der Waals surface area (Å²) in [6.07, 6.45) is 0. The third-order valence-electron chi connectivity index (χ3n) is 21.3. The molecule has 490 valence electrons. The third kappa shape index (κ3) is 10.9. The van der Waals surface area contributed by atoms with Gasteiger partial charge >= 0.3 is 0 Å². The Balaban J connectivity index is 0.00000821. The van der Waals surface area contributed by atoms with Crippen LogP contribution in [-0.2, 0) is 48.1 Å². The number of aryl methyl sites for hydroxylation is 2. The number of aromatic hydroxyl groups is 1. The number of pyridine rings is 1. The first-order valence-electron chi connectivity index (χ1n) is 34.3. The Morgan fingerprint density at radius 2 is 0.929 bits per heavy atom. The van der Waals surface area contributed by atoms with E-state index in [-0.39, 0.29) is 53.9 Å². The number of furan rings is 1. The first kappa shape index (κ1) is 65.6. The summed E-state index contributed by atoms with van der Waals surface area (Å²) in [5.74, 6) is 0.896. The van der Waals surface area contributed by atoms with Gasteiger partial charge in [0.25, 0.3) is 0 Å². The van der Waals surface area contributed by atoms with Gasteiger partial charge < -0.3 is 9.52 Å². The molecule has 0 bridgehead atoms. The van der Waals surface area contributed by atoms with Gasteiger partial charge in [-0.1, -0.05) is 301 Å². The van der Waals surface area contributed by atoms with E-state index in [0.29, 0.717) is 11.5 Å². The summed E-state index contributed by atoms with van der Waals surface area (Å²) < 4.78 is 9.67. The van der Waals surface area contributed by atoms with E-state index in [9.17, 15) is 5.11 Å². The Bertz CT molecular complexity index is 5410. The smallest absolute Gasteiger partial charge is 0.163 e. The van der Waals surface area contributed by atoms with Crippen LogP contribution in [-0.4, -0.2) is 19.6 Å². The van der Waals surface area contributed by atoms with Gasteiger partial charge in [-0.3, -0.25) is 4.57 Å². The standard InChI is InChI=1S/C92H84N3O2.Pt/c1-55-28-21-29-56(2)85(55)95-76-49-46-70(80-66(58-32-22-35-62(50-58)88(3,4)5)40-26-41-67(80)59-33-23-36-63(51-59)89(6,7)8)79(84(76)94-87(95)75-48-47-74-83(93-75)82-73(43-27-44-77(82)96)91(12,13)92(74,14)15)61-53-71-69-38-19-20-45-78(69)97-86(71)72(54-61)81-65(57-30-17-16-18-31-57)39-25-42-68(81)60-34-24-37-64(52-60)90(9,10)11;/h16-53,96H,1-15H3;/q-1;. The molecule has 6 heteroatoms. The summed E-state index contributed by atoms with van der Waals surface area (Å²) in [7, 11) is 0. The molecule has 98 heavy (non-hydrogen) atoms. The number of imidazole rings is 1. The first-order valence-corrected chi connectivity index (χ1v) is 34.3. The Hall–Kier alpha value is -9.67. The Kier molecular flexibility index (Phi) is 16.1. The molecule has 1 aliphatic rings. The minimum atomic E-state index is -0.356. The van der Waals surface area contributed by atoms with E-state index in [1.165, 1.54) is 16.7 Å². The van der Waals surface area contributed by atoms with Crippen molar-refractivity contribution in [2.45, 2.75) is 131 Å². The zero-order chi connectivity index (χ0) is 67.8. The van der Waals surface area contributed by atoms with Gasteiger partial charge in [0, 0.05) is 37.4 Å². The summed E-state index contributed by atoms with van der Waals surface area (Å²) in [4.78, 5) is 12.0. The molecule has 0 saturated carbocycles. The van der Waals surface area contributed by atoms with Gasteiger partial charge in [0.15, 0.2) is 5.82 Å². The molecule has 0 spiro atoms. The largest absolute Gasteiger partial charge is 0.507 e. The van der Waals surface area contributed by atoms with Gasteiger partial charge in [-0.25, -0.2) is 9.97 Å². The van der Waals surface area contributed by atoms with Crippen LogP contribution in [0, 0.1) is 19.9 Å². The van der Waals surface area contributed by atoms with E-state index in [2.05, 4.69) is 333 Å². The summed E-state index contributed by atoms with van der Waals surface area (Å²) in [5, 5.41) is 14.0. The summed E-state index contributed by atoms with van der Waals surface area (Å²) in [6, 6.07) is 88.4. The van der Waals surface area contributed by atoms with Crippen molar-refractivity contribution in [2.75, 3.05) is 0 Å². The van der Waals surface area contributed by atoms with Crippen molar-refractivity contribution >= 4 is 33.0 Å². The van der Waals surface area contributed by atoms with Crippen molar-refractivity contribution in [2.24, 2.45) is 0 Å². The van der Waals surface area contributed by atoms with Crippen LogP contribution >= 0.6 is 0 Å². The van der Waals surface area contributed by atoms with Crippen molar-refractivity contribution in [3.63, 3.8) is 0 Å². The van der Waals surface area contributed by atoms with Gasteiger partial charge in [-0.05, 0) is 165 Å². The van der Waals surface area contributed by atoms with E-state index in [0.717, 1.165) is 150 Å². The minimum Gasteiger partial charge on any atom is -0.507 e. The molecule has 5 nitrogen and oxygen atoms in total. The average Bonchev–Trinajstić information content (AvgIpc) is 1.07. The van der Waals surface area contributed by atoms with Gasteiger partial charge in [0.2, 0.25) is 0 Å². The molecular weight excluding hydrogens is 1370 g/mol. The van der Waals surface area contributed by atoms with E-state index >= 15 is 0 Å². The van der Waals surface area contributed by atoms with Crippen LogP contribution in [0.5, 0.6) is 5.75 Å². The molecule has 0 unspecified atom stereocenters. The molecule has 0 amide bonds. The molecule has 0 fully saturated rings. The number of phenols is 1. The molecule has 0 radical (unpaired) electrons. The maximum atomic E-state index is 12.1. The summed E-state index contributed by atoms with van der Waals surface area (Å²) >= 11 is 0. The minimum absolute atomic E-state index is 0. The van der Waals surface area contributed by atoms with Gasteiger partial charge in [0.1, 0.15) is 17.0 Å². The Labute approximate surface area is 592 Å². The second-order valence-corrected chi connectivity index (χ2v) is 31.1. The number of para-hydroxylation sites is 2. The van der Waals surface area contributed by atoms with Crippen LogP contribution in [0.1, 0.15) is 129 Å². The fourth-order valence-corrected chi connectivity index (χ4v) is 15.2. The summed E-state index contributed by atoms with van der Waals surface area (Å²) in [5.41, 5.74) is 28.1. The number of rotatable bonds is 9. The van der Waals surface area contributed by atoms with E-state index in [1.807, 2.05) is 6.07 Å². The number of hydrogen-bond donors (Lipinski definition) is 1. The predicted molar refractivity (Wildman–Crippen MR) is 407 cm³/mol. The van der Waals surface area contributed by atoms with E-state index < -0.39 is 0 Å². The average molecular weight is 1460 g/mol. The number of nitrogens with zero attached hydrogens (tertiary/aromatic N) is 3. The topological polar surface area (TPSA) is 64.1 Å². The van der Waals surface area contributed by atoms with Crippen molar-refractivity contribution in [1.82, 2.24) is 14.5 Å². The van der Waals surface area contributed by atoms with Gasteiger partial charge in [0.05, 0.1) is 28.0 Å². The third-order valence-corrected chi connectivity index (χ3v) is 21.3. The number of phenolic OH excluding ortho intramolecular Hbond substituents is 1. The molecule has 1 N–H and O–H groups in total. The monoisotopic (exact) mass is 1460 g/mol. The number of benzene rings is 11. The van der Waals surface area contributed by atoms with Crippen molar-refractivity contribution in [1.29, 1.82) is 0 Å². The molecule has 11 aromatic carbocycles. The maximum Gasteiger partial charge on any atom is 0.163 e. The van der Waals surface area contributed by atoms with Crippen molar-refractivity contribution in [3.05, 3.63) is 276 Å². The molecule has 3 heterocycles. The van der Waals surface area contributed by atoms with Crippen LogP contribution in [0.15, 0.2) is 235 Å². The predicted octanol–water partition coefficient (Wildman–Crippen LogP) is 24.9. The van der Waals surface area contributed by atoms with E-state index in [1.54, 1.807) is 6.07 Å². The first-order chi connectivity index (χ1) is 46.3. The summed E-state index contributed by atoms with van der Waals surface area (Å²) in [6.45, 7) is 34.2. The maximum absolute atomic E-state index is 12.1. The molecule has 0 aliphatic heterocycles. The zero-order valence-electron chi connectivity index (χ0n) is 59.0. The van der Waals surface area contributed by atoms with Gasteiger partial charge in [-0.15, -0.1) is 17.7 Å². The second-order valence-electron chi connectivity index (χ2n) is 31.1. The quantitative estimate of drug-likeness (QED) is 0.146. The Morgan fingerprint density at radius 1 is 0.429 bits per heavy atom. The molecule has 1 aliphatic carbocycles. The number of fused-ring (bicyclic) bond motifs is 7. The number of aromatic nitrogens is 3. The fourth-order valence-electron chi connectivity index (χ4n) is 15.2. The molecular formula is C92H84N3O2Pt-. The molecule has 0 saturated heterocycles. The van der Waals surface area contributed by atoms with E-state index in [4.69, 9.17) is 14.4 Å². The molecule has 3 aromatic heterocycles. The number of hydrogen-bond acceptors (Lipinski definition) is 4. The van der Waals surface area contributed by atoms with Gasteiger partial charge in [-0.2, -0.15) is 0 Å².